The molecule has 1 N–H and O–H groups in total. The monoisotopic (exact) mass is 286 g/mol. The molecule has 114 valence electrons. The van der Waals surface area contributed by atoms with Gasteiger partial charge in [0.05, 0.1) is 12.8 Å². The number of para-hydroxylation sites is 1. The van der Waals surface area contributed by atoms with Gasteiger partial charge in [-0.1, -0.05) is 18.2 Å². The van der Waals surface area contributed by atoms with E-state index in [1.807, 2.05) is 6.07 Å². The van der Waals surface area contributed by atoms with Crippen molar-refractivity contribution in [2.75, 3.05) is 11.4 Å². The molecule has 3 nitrogen and oxygen atoms in total. The minimum Gasteiger partial charge on any atom is -0.467 e. The molecule has 0 spiro atoms. The quantitative estimate of drug-likeness (QED) is 0.863. The highest BCUT2D eigenvalue weighted by Crippen LogP contribution is 2.19. The summed E-state index contributed by atoms with van der Waals surface area (Å²) in [4.78, 5) is 2.32. The van der Waals surface area contributed by atoms with Crippen molar-refractivity contribution < 1.29 is 4.42 Å². The lowest BCUT2D eigenvalue weighted by Gasteiger charge is -2.24. The van der Waals surface area contributed by atoms with E-state index in [0.29, 0.717) is 0 Å². The Morgan fingerprint density at radius 2 is 1.81 bits per heavy atom. The Kier molecular flexibility index (Phi) is 5.07. The van der Waals surface area contributed by atoms with E-state index in [4.69, 9.17) is 4.42 Å². The molecule has 0 saturated heterocycles. The largest absolute Gasteiger partial charge is 0.467 e. The second kappa shape index (κ2) is 6.81. The molecule has 0 amide bonds. The number of rotatable bonds is 6. The zero-order valence-corrected chi connectivity index (χ0v) is 13.5. The first-order valence-electron chi connectivity index (χ1n) is 7.60. The van der Waals surface area contributed by atoms with Gasteiger partial charge in [0.15, 0.2) is 0 Å². The number of hydrogen-bond acceptors (Lipinski definition) is 3. The Labute approximate surface area is 128 Å². The molecule has 1 aromatic carbocycles. The van der Waals surface area contributed by atoms with E-state index in [2.05, 4.69) is 68.2 Å². The number of furan rings is 1. The normalized spacial score (nSPS) is 11.6. The van der Waals surface area contributed by atoms with Crippen molar-refractivity contribution in [3.05, 3.63) is 54.0 Å². The summed E-state index contributed by atoms with van der Waals surface area (Å²) in [7, 11) is 0. The van der Waals surface area contributed by atoms with Crippen molar-refractivity contribution in [3.63, 3.8) is 0 Å². The van der Waals surface area contributed by atoms with Crippen LogP contribution in [0.3, 0.4) is 0 Å². The summed E-state index contributed by atoms with van der Waals surface area (Å²) >= 11 is 0. The van der Waals surface area contributed by atoms with E-state index in [9.17, 15) is 0 Å². The zero-order valence-electron chi connectivity index (χ0n) is 13.5. The molecule has 0 aliphatic carbocycles. The van der Waals surface area contributed by atoms with Crippen LogP contribution in [0.15, 0.2) is 47.1 Å². The minimum atomic E-state index is 0.110. The Balaban J connectivity index is 2.07. The fourth-order valence-electron chi connectivity index (χ4n) is 2.22. The highest BCUT2D eigenvalue weighted by Gasteiger charge is 2.14. The lowest BCUT2D eigenvalue weighted by molar-refractivity contribution is 0.418. The van der Waals surface area contributed by atoms with Crippen molar-refractivity contribution in [1.82, 2.24) is 5.32 Å². The third kappa shape index (κ3) is 4.64. The Hall–Kier alpha value is -1.74. The van der Waals surface area contributed by atoms with E-state index in [-0.39, 0.29) is 5.54 Å². The number of nitrogens with one attached hydrogen (secondary N) is 1. The standard InChI is InChI=1S/C18H26N2O/c1-5-20(16-9-7-6-8-10-16)14-17-15(11-12-21-17)13-19-18(2,3)4/h6-12,19H,5,13-14H2,1-4H3. The molecule has 21 heavy (non-hydrogen) atoms. The van der Waals surface area contributed by atoms with Crippen LogP contribution < -0.4 is 10.2 Å². The molecular weight excluding hydrogens is 260 g/mol. The van der Waals surface area contributed by atoms with Crippen LogP contribution in [-0.4, -0.2) is 12.1 Å². The summed E-state index contributed by atoms with van der Waals surface area (Å²) in [6.07, 6.45) is 1.79. The molecule has 0 atom stereocenters. The van der Waals surface area contributed by atoms with E-state index in [1.54, 1.807) is 6.26 Å². The minimum absolute atomic E-state index is 0.110. The van der Waals surface area contributed by atoms with Crippen molar-refractivity contribution >= 4 is 5.69 Å². The summed E-state index contributed by atoms with van der Waals surface area (Å²) in [6.45, 7) is 11.3. The van der Waals surface area contributed by atoms with Gasteiger partial charge in [-0.2, -0.15) is 0 Å². The summed E-state index contributed by atoms with van der Waals surface area (Å²) in [5.41, 5.74) is 2.57. The topological polar surface area (TPSA) is 28.4 Å². The first-order chi connectivity index (χ1) is 9.99. The number of nitrogens with zero attached hydrogens (tertiary/aromatic N) is 1. The summed E-state index contributed by atoms with van der Waals surface area (Å²) < 4.78 is 5.70. The molecule has 0 aliphatic heterocycles. The van der Waals surface area contributed by atoms with Gasteiger partial charge in [-0.05, 0) is 45.9 Å². The average molecular weight is 286 g/mol. The molecule has 0 bridgehead atoms. The van der Waals surface area contributed by atoms with E-state index < -0.39 is 0 Å². The molecule has 0 radical (unpaired) electrons. The van der Waals surface area contributed by atoms with Crippen LogP contribution in [0.4, 0.5) is 5.69 Å². The fraction of sp³-hybridized carbons (Fsp3) is 0.444. The number of benzene rings is 1. The van der Waals surface area contributed by atoms with E-state index in [1.165, 1.54) is 11.3 Å². The van der Waals surface area contributed by atoms with Crippen LogP contribution in [0, 0.1) is 0 Å². The molecule has 2 aromatic rings. The molecule has 1 aromatic heterocycles. The van der Waals surface area contributed by atoms with Gasteiger partial charge >= 0.3 is 0 Å². The maximum atomic E-state index is 5.70. The number of hydrogen-bond donors (Lipinski definition) is 1. The number of anilines is 1. The first-order valence-corrected chi connectivity index (χ1v) is 7.60. The Bertz CT molecular complexity index is 540. The predicted molar refractivity (Wildman–Crippen MR) is 88.5 cm³/mol. The molecule has 0 unspecified atom stereocenters. The highest BCUT2D eigenvalue weighted by molar-refractivity contribution is 5.46. The van der Waals surface area contributed by atoms with Crippen molar-refractivity contribution in [1.29, 1.82) is 0 Å². The highest BCUT2D eigenvalue weighted by atomic mass is 16.3. The molecule has 2 rings (SSSR count). The average Bonchev–Trinajstić information content (AvgIpc) is 2.90. The maximum absolute atomic E-state index is 5.70. The van der Waals surface area contributed by atoms with Gasteiger partial charge in [0.25, 0.3) is 0 Å². The van der Waals surface area contributed by atoms with Gasteiger partial charge in [0, 0.05) is 29.9 Å². The SMILES string of the molecule is CCN(Cc1occc1CNC(C)(C)C)c1ccccc1. The van der Waals surface area contributed by atoms with Gasteiger partial charge in [-0.3, -0.25) is 0 Å². The second-order valence-electron chi connectivity index (χ2n) is 6.32. The van der Waals surface area contributed by atoms with Crippen molar-refractivity contribution in [3.8, 4) is 0 Å². The van der Waals surface area contributed by atoms with Gasteiger partial charge in [-0.15, -0.1) is 0 Å². The summed E-state index contributed by atoms with van der Waals surface area (Å²) in [5, 5.41) is 3.52. The van der Waals surface area contributed by atoms with E-state index >= 15 is 0 Å². The second-order valence-corrected chi connectivity index (χ2v) is 6.32. The summed E-state index contributed by atoms with van der Waals surface area (Å²) in [5.74, 6) is 1.04. The van der Waals surface area contributed by atoms with Crippen molar-refractivity contribution in [2.45, 2.75) is 46.3 Å². The zero-order chi connectivity index (χ0) is 15.3. The van der Waals surface area contributed by atoms with Crippen LogP contribution in [-0.2, 0) is 13.1 Å². The molecular formula is C18H26N2O. The van der Waals surface area contributed by atoms with Crippen LogP contribution in [0.2, 0.25) is 0 Å². The van der Waals surface area contributed by atoms with Gasteiger partial charge < -0.3 is 14.6 Å². The van der Waals surface area contributed by atoms with Gasteiger partial charge in [0.1, 0.15) is 5.76 Å². The Morgan fingerprint density at radius 3 is 2.43 bits per heavy atom. The molecule has 0 fully saturated rings. The van der Waals surface area contributed by atoms with Gasteiger partial charge in [0.2, 0.25) is 0 Å². The summed E-state index contributed by atoms with van der Waals surface area (Å²) in [6, 6.07) is 12.5. The lowest BCUT2D eigenvalue weighted by Crippen LogP contribution is -2.35. The first kappa shape index (κ1) is 15.6. The van der Waals surface area contributed by atoms with Gasteiger partial charge in [-0.25, -0.2) is 0 Å². The van der Waals surface area contributed by atoms with Crippen LogP contribution in [0.25, 0.3) is 0 Å². The molecule has 0 saturated carbocycles. The van der Waals surface area contributed by atoms with Crippen LogP contribution >= 0.6 is 0 Å². The molecule has 3 heteroatoms. The van der Waals surface area contributed by atoms with Crippen LogP contribution in [0.1, 0.15) is 39.0 Å². The third-order valence-electron chi connectivity index (χ3n) is 3.48. The smallest absolute Gasteiger partial charge is 0.127 e. The molecule has 0 aliphatic rings. The predicted octanol–water partition coefficient (Wildman–Crippen LogP) is 4.19. The van der Waals surface area contributed by atoms with E-state index in [0.717, 1.165) is 25.4 Å². The fourth-order valence-corrected chi connectivity index (χ4v) is 2.22. The van der Waals surface area contributed by atoms with Crippen molar-refractivity contribution in [2.24, 2.45) is 0 Å². The lowest BCUT2D eigenvalue weighted by atomic mass is 10.1. The third-order valence-corrected chi connectivity index (χ3v) is 3.48. The van der Waals surface area contributed by atoms with Crippen LogP contribution in [0.5, 0.6) is 0 Å². The maximum Gasteiger partial charge on any atom is 0.127 e. The Morgan fingerprint density at radius 1 is 1.10 bits per heavy atom. The molecule has 1 heterocycles.